The number of hydrogen-bond donors (Lipinski definition) is 1. The van der Waals surface area contributed by atoms with E-state index < -0.39 is 0 Å². The third kappa shape index (κ3) is 3.98. The first-order valence-electron chi connectivity index (χ1n) is 9.37. The van der Waals surface area contributed by atoms with E-state index in [2.05, 4.69) is 74.4 Å². The summed E-state index contributed by atoms with van der Waals surface area (Å²) >= 11 is 0. The molecule has 1 aliphatic rings. The number of nitrogens with one attached hydrogen (secondary N) is 1. The van der Waals surface area contributed by atoms with Crippen molar-refractivity contribution in [3.8, 4) is 5.69 Å². The highest BCUT2D eigenvalue weighted by atomic mass is 16.2. The number of nitrogens with zero attached hydrogens (tertiary/aromatic N) is 3. The van der Waals surface area contributed by atoms with E-state index in [-0.39, 0.29) is 11.3 Å². The number of rotatable bonds is 6. The lowest BCUT2D eigenvalue weighted by molar-refractivity contribution is 0.0923. The van der Waals surface area contributed by atoms with Crippen LogP contribution >= 0.6 is 0 Å². The number of aromatic nitrogens is 2. The Bertz CT molecular complexity index is 787. The summed E-state index contributed by atoms with van der Waals surface area (Å²) in [5.41, 5.74) is 5.17. The molecule has 0 fully saturated rings. The third-order valence-corrected chi connectivity index (χ3v) is 4.90. The predicted molar refractivity (Wildman–Crippen MR) is 105 cm³/mol. The van der Waals surface area contributed by atoms with E-state index in [1.165, 1.54) is 11.3 Å². The molecule has 0 aliphatic heterocycles. The molecule has 3 rings (SSSR count). The van der Waals surface area contributed by atoms with E-state index in [4.69, 9.17) is 0 Å². The zero-order valence-electron chi connectivity index (χ0n) is 16.6. The molecular formula is C21H30N4O. The van der Waals surface area contributed by atoms with Crippen LogP contribution in [0, 0.1) is 12.3 Å². The lowest BCUT2D eigenvalue weighted by Crippen LogP contribution is -2.40. The summed E-state index contributed by atoms with van der Waals surface area (Å²) < 4.78 is 1.96. The second-order valence-corrected chi connectivity index (χ2v) is 8.46. The van der Waals surface area contributed by atoms with E-state index in [1.54, 1.807) is 0 Å². The highest BCUT2D eigenvalue weighted by Crippen LogP contribution is 2.28. The Morgan fingerprint density at radius 3 is 2.58 bits per heavy atom. The maximum absolute atomic E-state index is 12.8. The smallest absolute Gasteiger partial charge is 0.272 e. The van der Waals surface area contributed by atoms with Crippen LogP contribution in [-0.4, -0.2) is 47.8 Å². The average molecular weight is 354 g/mol. The Hall–Kier alpha value is -2.14. The zero-order chi connectivity index (χ0) is 18.9. The molecule has 0 saturated carbocycles. The van der Waals surface area contributed by atoms with Crippen LogP contribution in [0.3, 0.4) is 0 Å². The zero-order valence-corrected chi connectivity index (χ0v) is 16.6. The number of carbonyl (C=O) groups excluding carboxylic acids is 1. The lowest BCUT2D eigenvalue weighted by Gasteiger charge is -2.28. The second kappa shape index (κ2) is 7.23. The standard InChI is InChI=1S/C21H30N4O/c1-15-9-11-16(12-10-15)25-18-8-6-7-17(18)19(23-25)20(26)22-13-21(2,3)14-24(4)5/h9-12H,6-8,13-14H2,1-5H3,(H,22,26). The van der Waals surface area contributed by atoms with Crippen molar-refractivity contribution < 1.29 is 4.79 Å². The van der Waals surface area contributed by atoms with Crippen LogP contribution in [0.5, 0.6) is 0 Å². The van der Waals surface area contributed by atoms with Gasteiger partial charge in [-0.15, -0.1) is 0 Å². The van der Waals surface area contributed by atoms with Crippen molar-refractivity contribution in [2.75, 3.05) is 27.2 Å². The molecular weight excluding hydrogens is 324 g/mol. The molecule has 1 aromatic carbocycles. The van der Waals surface area contributed by atoms with Crippen LogP contribution < -0.4 is 5.32 Å². The summed E-state index contributed by atoms with van der Waals surface area (Å²) in [5.74, 6) is -0.0548. The molecule has 0 radical (unpaired) electrons. The minimum absolute atomic E-state index is 0.0157. The molecule has 1 aromatic heterocycles. The molecule has 1 N–H and O–H groups in total. The molecule has 0 atom stereocenters. The summed E-state index contributed by atoms with van der Waals surface area (Å²) in [5, 5.41) is 7.79. The van der Waals surface area contributed by atoms with Gasteiger partial charge in [0.1, 0.15) is 0 Å². The number of amides is 1. The minimum Gasteiger partial charge on any atom is -0.350 e. The maximum Gasteiger partial charge on any atom is 0.272 e. The van der Waals surface area contributed by atoms with Crippen molar-refractivity contribution in [2.24, 2.45) is 5.41 Å². The van der Waals surface area contributed by atoms with Gasteiger partial charge in [0, 0.05) is 24.3 Å². The van der Waals surface area contributed by atoms with Gasteiger partial charge in [-0.05, 0) is 57.8 Å². The van der Waals surface area contributed by atoms with Gasteiger partial charge in [-0.25, -0.2) is 4.68 Å². The van der Waals surface area contributed by atoms with Gasteiger partial charge in [-0.2, -0.15) is 5.10 Å². The molecule has 0 unspecified atom stereocenters. The maximum atomic E-state index is 12.8. The number of carbonyl (C=O) groups is 1. The van der Waals surface area contributed by atoms with Crippen LogP contribution in [0.25, 0.3) is 5.69 Å². The van der Waals surface area contributed by atoms with Crippen LogP contribution in [0.15, 0.2) is 24.3 Å². The van der Waals surface area contributed by atoms with Gasteiger partial charge in [0.2, 0.25) is 0 Å². The van der Waals surface area contributed by atoms with Crippen molar-refractivity contribution in [1.82, 2.24) is 20.0 Å². The van der Waals surface area contributed by atoms with Crippen molar-refractivity contribution >= 4 is 5.91 Å². The average Bonchev–Trinajstić information content (AvgIpc) is 3.15. The summed E-state index contributed by atoms with van der Waals surface area (Å²) in [7, 11) is 4.11. The predicted octanol–water partition coefficient (Wildman–Crippen LogP) is 2.99. The fourth-order valence-corrected chi connectivity index (χ4v) is 3.83. The second-order valence-electron chi connectivity index (χ2n) is 8.46. The molecule has 1 aliphatic carbocycles. The van der Waals surface area contributed by atoms with E-state index >= 15 is 0 Å². The highest BCUT2D eigenvalue weighted by molar-refractivity contribution is 5.94. The molecule has 26 heavy (non-hydrogen) atoms. The molecule has 1 heterocycles. The molecule has 1 amide bonds. The molecule has 140 valence electrons. The van der Waals surface area contributed by atoms with Crippen LogP contribution in [-0.2, 0) is 12.8 Å². The van der Waals surface area contributed by atoms with E-state index in [9.17, 15) is 4.79 Å². The first-order chi connectivity index (χ1) is 12.3. The summed E-state index contributed by atoms with van der Waals surface area (Å²) in [4.78, 5) is 15.0. The summed E-state index contributed by atoms with van der Waals surface area (Å²) in [6.07, 6.45) is 3.01. The van der Waals surface area contributed by atoms with Crippen LogP contribution in [0.4, 0.5) is 0 Å². The largest absolute Gasteiger partial charge is 0.350 e. The molecule has 0 bridgehead atoms. The number of fused-ring (bicyclic) bond motifs is 1. The lowest BCUT2D eigenvalue weighted by atomic mass is 9.93. The summed E-state index contributed by atoms with van der Waals surface area (Å²) in [6.45, 7) is 7.97. The van der Waals surface area contributed by atoms with Gasteiger partial charge < -0.3 is 10.2 Å². The van der Waals surface area contributed by atoms with Gasteiger partial charge in [0.25, 0.3) is 5.91 Å². The van der Waals surface area contributed by atoms with Gasteiger partial charge >= 0.3 is 0 Å². The molecule has 0 saturated heterocycles. The Morgan fingerprint density at radius 2 is 1.92 bits per heavy atom. The van der Waals surface area contributed by atoms with Crippen LogP contribution in [0.1, 0.15) is 47.6 Å². The summed E-state index contributed by atoms with van der Waals surface area (Å²) in [6, 6.07) is 8.31. The van der Waals surface area contributed by atoms with Crippen molar-refractivity contribution in [3.63, 3.8) is 0 Å². The number of hydrogen-bond acceptors (Lipinski definition) is 3. The quantitative estimate of drug-likeness (QED) is 0.868. The Labute approximate surface area is 156 Å². The third-order valence-electron chi connectivity index (χ3n) is 4.90. The van der Waals surface area contributed by atoms with E-state index in [1.807, 2.05) is 4.68 Å². The van der Waals surface area contributed by atoms with Gasteiger partial charge in [-0.3, -0.25) is 4.79 Å². The van der Waals surface area contributed by atoms with Crippen molar-refractivity contribution in [1.29, 1.82) is 0 Å². The molecule has 5 heteroatoms. The normalized spacial score (nSPS) is 13.9. The SMILES string of the molecule is Cc1ccc(-n2nc(C(=O)NCC(C)(C)CN(C)C)c3c2CCC3)cc1. The minimum atomic E-state index is -0.0548. The Balaban J connectivity index is 1.81. The van der Waals surface area contributed by atoms with Crippen molar-refractivity contribution in [3.05, 3.63) is 46.8 Å². The first kappa shape index (κ1) is 18.6. The highest BCUT2D eigenvalue weighted by Gasteiger charge is 2.28. The molecule has 5 nitrogen and oxygen atoms in total. The van der Waals surface area contributed by atoms with E-state index in [0.29, 0.717) is 12.2 Å². The number of benzene rings is 1. The van der Waals surface area contributed by atoms with Crippen LogP contribution in [0.2, 0.25) is 0 Å². The van der Waals surface area contributed by atoms with Gasteiger partial charge in [0.15, 0.2) is 5.69 Å². The van der Waals surface area contributed by atoms with Gasteiger partial charge in [-0.1, -0.05) is 31.5 Å². The van der Waals surface area contributed by atoms with Crippen molar-refractivity contribution in [2.45, 2.75) is 40.0 Å². The molecule has 0 spiro atoms. The topological polar surface area (TPSA) is 50.2 Å². The fourth-order valence-electron chi connectivity index (χ4n) is 3.83. The Kier molecular flexibility index (Phi) is 5.19. The van der Waals surface area contributed by atoms with Gasteiger partial charge in [0.05, 0.1) is 5.69 Å². The number of aryl methyl sites for hydroxylation is 1. The molecule has 2 aromatic rings. The first-order valence-corrected chi connectivity index (χ1v) is 9.37. The monoisotopic (exact) mass is 354 g/mol. The van der Waals surface area contributed by atoms with E-state index in [0.717, 1.165) is 37.1 Å². The fraction of sp³-hybridized carbons (Fsp3) is 0.524. The Morgan fingerprint density at radius 1 is 1.23 bits per heavy atom.